The second-order valence-corrected chi connectivity index (χ2v) is 10.1. The first-order valence-electron chi connectivity index (χ1n) is 11.1. The highest BCUT2D eigenvalue weighted by atomic mass is 35.5. The van der Waals surface area contributed by atoms with Crippen molar-refractivity contribution in [1.82, 2.24) is 4.98 Å². The first kappa shape index (κ1) is 20.7. The molecule has 0 bridgehead atoms. The highest BCUT2D eigenvalue weighted by molar-refractivity contribution is 6.32. The largest absolute Gasteiger partial charge is 0.489 e. The van der Waals surface area contributed by atoms with E-state index in [2.05, 4.69) is 18.8 Å². The summed E-state index contributed by atoms with van der Waals surface area (Å²) >= 11 is 6.44. The Morgan fingerprint density at radius 1 is 1.24 bits per heavy atom. The lowest BCUT2D eigenvalue weighted by molar-refractivity contribution is 0.0451. The topological polar surface area (TPSA) is 68.1 Å². The summed E-state index contributed by atoms with van der Waals surface area (Å²) in [5, 5.41) is 1.95. The molecular weight excluding hydrogens is 384 g/mol. The summed E-state index contributed by atoms with van der Waals surface area (Å²) in [6, 6.07) is 5.76. The van der Waals surface area contributed by atoms with E-state index in [-0.39, 0.29) is 23.1 Å². The maximum atomic E-state index is 12.0. The smallest absolute Gasteiger partial charge is 0.255 e. The first-order chi connectivity index (χ1) is 13.9. The van der Waals surface area contributed by atoms with Crippen molar-refractivity contribution >= 4 is 22.4 Å². The van der Waals surface area contributed by atoms with E-state index in [1.165, 1.54) is 19.3 Å². The maximum absolute atomic E-state index is 12.0. The van der Waals surface area contributed by atoms with Crippen molar-refractivity contribution in [3.8, 4) is 5.75 Å². The van der Waals surface area contributed by atoms with Gasteiger partial charge in [-0.1, -0.05) is 38.3 Å². The Kier molecular flexibility index (Phi) is 5.94. The average Bonchev–Trinajstić information content (AvgIpc) is 3.48. The molecule has 0 amide bonds. The summed E-state index contributed by atoms with van der Waals surface area (Å²) in [7, 11) is 0. The zero-order chi connectivity index (χ0) is 20.6. The maximum Gasteiger partial charge on any atom is 0.255 e. The average molecular weight is 417 g/mol. The summed E-state index contributed by atoms with van der Waals surface area (Å²) in [6.45, 7) is 4.54. The normalized spacial score (nSPS) is 26.0. The lowest BCUT2D eigenvalue weighted by atomic mass is 9.64. The van der Waals surface area contributed by atoms with Crippen LogP contribution in [0.5, 0.6) is 5.75 Å². The van der Waals surface area contributed by atoms with Crippen LogP contribution in [0.25, 0.3) is 10.8 Å². The Morgan fingerprint density at radius 2 is 1.97 bits per heavy atom. The number of aromatic nitrogens is 1. The number of hydrogen-bond acceptors (Lipinski definition) is 3. The molecule has 3 N–H and O–H groups in total. The van der Waals surface area contributed by atoms with E-state index in [1.807, 2.05) is 12.1 Å². The summed E-state index contributed by atoms with van der Waals surface area (Å²) in [5.41, 5.74) is 6.91. The molecule has 2 aliphatic rings. The van der Waals surface area contributed by atoms with Crippen molar-refractivity contribution in [3.63, 3.8) is 0 Å². The van der Waals surface area contributed by atoms with Gasteiger partial charge in [-0.25, -0.2) is 0 Å². The fourth-order valence-electron chi connectivity index (χ4n) is 5.12. The summed E-state index contributed by atoms with van der Waals surface area (Å²) < 4.78 is 6.32. The molecule has 0 saturated heterocycles. The lowest BCUT2D eigenvalue weighted by Crippen LogP contribution is -2.46. The van der Waals surface area contributed by atoms with E-state index in [0.29, 0.717) is 22.1 Å². The van der Waals surface area contributed by atoms with Crippen LogP contribution in [0.1, 0.15) is 65.2 Å². The number of nitrogens with one attached hydrogen (secondary N) is 1. The molecule has 1 aromatic heterocycles. The predicted octanol–water partition coefficient (Wildman–Crippen LogP) is 5.66. The highest BCUT2D eigenvalue weighted by Crippen LogP contribution is 2.50. The monoisotopic (exact) mass is 416 g/mol. The summed E-state index contributed by atoms with van der Waals surface area (Å²) in [5.74, 6) is 2.20. The van der Waals surface area contributed by atoms with Crippen LogP contribution in [0.3, 0.4) is 0 Å². The van der Waals surface area contributed by atoms with Gasteiger partial charge in [0, 0.05) is 17.6 Å². The second kappa shape index (κ2) is 8.31. The number of benzene rings is 1. The number of ether oxygens (including phenoxy) is 1. The minimum atomic E-state index is -0.127. The standard InChI is InChI=1S/C24H33ClN2O2/c1-15(2)11-22(26)24(14-16-3-4-16)8-5-18(6-9-24)29-21-12-17-7-10-27-23(28)19(17)13-20(21)25/h7,10,12-13,15-16,18,22H,3-6,8-9,11,14,26H2,1-2H3,(H,27,28)/t18?,22-,24?/m0/s1. The number of aromatic amines is 1. The molecule has 1 atom stereocenters. The number of halogens is 1. The lowest BCUT2D eigenvalue weighted by Gasteiger charge is -2.45. The number of rotatable bonds is 7. The zero-order valence-corrected chi connectivity index (χ0v) is 18.3. The van der Waals surface area contributed by atoms with Crippen molar-refractivity contribution in [2.75, 3.05) is 0 Å². The molecule has 1 heterocycles. The van der Waals surface area contributed by atoms with Crippen LogP contribution in [0, 0.1) is 17.3 Å². The van der Waals surface area contributed by atoms with Crippen molar-refractivity contribution in [2.24, 2.45) is 23.0 Å². The molecule has 4 nitrogen and oxygen atoms in total. The zero-order valence-electron chi connectivity index (χ0n) is 17.5. The van der Waals surface area contributed by atoms with Crippen LogP contribution >= 0.6 is 11.6 Å². The van der Waals surface area contributed by atoms with Gasteiger partial charge in [0.15, 0.2) is 0 Å². The fraction of sp³-hybridized carbons (Fsp3) is 0.625. The Balaban J connectivity index is 1.46. The van der Waals surface area contributed by atoms with Crippen LogP contribution in [0.2, 0.25) is 5.02 Å². The van der Waals surface area contributed by atoms with Gasteiger partial charge in [-0.15, -0.1) is 0 Å². The summed E-state index contributed by atoms with van der Waals surface area (Å²) in [6.07, 6.45) is 11.3. The number of pyridine rings is 1. The van der Waals surface area contributed by atoms with Crippen molar-refractivity contribution in [1.29, 1.82) is 0 Å². The Morgan fingerprint density at radius 3 is 2.62 bits per heavy atom. The first-order valence-corrected chi connectivity index (χ1v) is 11.5. The quantitative estimate of drug-likeness (QED) is 0.611. The van der Waals surface area contributed by atoms with Gasteiger partial charge in [0.05, 0.1) is 11.1 Å². The molecule has 2 saturated carbocycles. The van der Waals surface area contributed by atoms with Gasteiger partial charge >= 0.3 is 0 Å². The van der Waals surface area contributed by atoms with Crippen LogP contribution in [-0.4, -0.2) is 17.1 Å². The Labute approximate surface area is 178 Å². The van der Waals surface area contributed by atoms with Crippen molar-refractivity contribution in [3.05, 3.63) is 39.8 Å². The summed E-state index contributed by atoms with van der Waals surface area (Å²) in [4.78, 5) is 14.7. The third kappa shape index (κ3) is 4.64. The van der Waals surface area contributed by atoms with Crippen LogP contribution in [-0.2, 0) is 0 Å². The minimum Gasteiger partial charge on any atom is -0.489 e. The van der Waals surface area contributed by atoms with Crippen molar-refractivity contribution in [2.45, 2.75) is 77.4 Å². The van der Waals surface area contributed by atoms with Crippen LogP contribution in [0.4, 0.5) is 0 Å². The van der Waals surface area contributed by atoms with E-state index in [4.69, 9.17) is 22.1 Å². The molecule has 29 heavy (non-hydrogen) atoms. The van der Waals surface area contributed by atoms with Gasteiger partial charge in [0.2, 0.25) is 0 Å². The van der Waals surface area contributed by atoms with Crippen molar-refractivity contribution < 1.29 is 4.74 Å². The molecule has 2 aliphatic carbocycles. The molecule has 1 aromatic carbocycles. The molecule has 4 rings (SSSR count). The van der Waals surface area contributed by atoms with Crippen LogP contribution < -0.4 is 16.0 Å². The molecule has 0 radical (unpaired) electrons. The van der Waals surface area contributed by atoms with Gasteiger partial charge in [0.1, 0.15) is 5.75 Å². The number of hydrogen-bond donors (Lipinski definition) is 2. The van der Waals surface area contributed by atoms with E-state index >= 15 is 0 Å². The molecule has 5 heteroatoms. The minimum absolute atomic E-state index is 0.127. The molecular formula is C24H33ClN2O2. The number of nitrogens with two attached hydrogens (primary N) is 1. The van der Waals surface area contributed by atoms with E-state index in [9.17, 15) is 4.79 Å². The van der Waals surface area contributed by atoms with E-state index < -0.39 is 0 Å². The number of H-pyrrole nitrogens is 1. The third-order valence-electron chi connectivity index (χ3n) is 6.95. The highest BCUT2D eigenvalue weighted by Gasteiger charge is 2.44. The van der Waals surface area contributed by atoms with Gasteiger partial charge < -0.3 is 15.5 Å². The molecule has 0 unspecified atom stereocenters. The third-order valence-corrected chi connectivity index (χ3v) is 7.25. The SMILES string of the molecule is CC(C)C[C@H](N)C1(CC2CC2)CCC(Oc2cc3cc[nH]c(=O)c3cc2Cl)CC1. The van der Waals surface area contributed by atoms with Gasteiger partial charge in [-0.05, 0) is 79.4 Å². The Bertz CT molecular complexity index is 911. The molecule has 2 fully saturated rings. The molecule has 0 aliphatic heterocycles. The molecule has 2 aromatic rings. The molecule has 0 spiro atoms. The van der Waals surface area contributed by atoms with Gasteiger partial charge in [-0.2, -0.15) is 0 Å². The predicted molar refractivity (Wildman–Crippen MR) is 120 cm³/mol. The van der Waals surface area contributed by atoms with E-state index in [1.54, 1.807) is 12.3 Å². The second-order valence-electron chi connectivity index (χ2n) is 9.74. The van der Waals surface area contributed by atoms with Crippen LogP contribution in [0.15, 0.2) is 29.2 Å². The van der Waals surface area contributed by atoms with Gasteiger partial charge in [-0.3, -0.25) is 4.79 Å². The van der Waals surface area contributed by atoms with Gasteiger partial charge in [0.25, 0.3) is 5.56 Å². The number of fused-ring (bicyclic) bond motifs is 1. The van der Waals surface area contributed by atoms with E-state index in [0.717, 1.165) is 43.4 Å². The Hall–Kier alpha value is -1.52. The fourth-order valence-corrected chi connectivity index (χ4v) is 5.33. The molecule has 158 valence electrons.